The molecule has 6 aromatic rings. The highest BCUT2D eigenvalue weighted by atomic mass is 33.1. The van der Waals surface area contributed by atoms with Crippen molar-refractivity contribution in [3.05, 3.63) is 173 Å². The van der Waals surface area contributed by atoms with Crippen molar-refractivity contribution >= 4 is 59.2 Å². The Balaban J connectivity index is 0.916. The van der Waals surface area contributed by atoms with E-state index in [0.29, 0.717) is 69.2 Å². The van der Waals surface area contributed by atoms with Crippen molar-refractivity contribution in [2.24, 2.45) is 16.3 Å². The van der Waals surface area contributed by atoms with Gasteiger partial charge in [0.1, 0.15) is 41.1 Å². The number of ether oxygens (including phenoxy) is 6. The van der Waals surface area contributed by atoms with Gasteiger partial charge in [0, 0.05) is 57.9 Å². The number of methoxy groups -OCH3 is 2. The predicted octanol–water partition coefficient (Wildman–Crippen LogP) is 15.9. The van der Waals surface area contributed by atoms with Gasteiger partial charge in [0.2, 0.25) is 5.91 Å². The van der Waals surface area contributed by atoms with E-state index >= 15 is 0 Å². The average molecular weight is 1300 g/mol. The van der Waals surface area contributed by atoms with Gasteiger partial charge in [-0.25, -0.2) is 14.6 Å². The van der Waals surface area contributed by atoms with Crippen LogP contribution < -0.4 is 14.8 Å². The van der Waals surface area contributed by atoms with E-state index in [9.17, 15) is 14.4 Å². The molecule has 0 bridgehead atoms. The Hall–Kier alpha value is -5.76. The third-order valence-corrected chi connectivity index (χ3v) is 23.0. The highest BCUT2D eigenvalue weighted by Gasteiger charge is 2.46. The monoisotopic (exact) mass is 1300 g/mol. The minimum absolute atomic E-state index is 0.0370. The highest BCUT2D eigenvalue weighted by molar-refractivity contribution is 8.77. The molecule has 0 aliphatic carbocycles. The predicted molar refractivity (Wildman–Crippen MR) is 362 cm³/mol. The number of aromatic nitrogens is 2. The number of Topliss-reactive ketones (excluding diaryl/α,β-unsaturated/α-hetero) is 2. The van der Waals surface area contributed by atoms with Crippen LogP contribution in [0, 0.1) is 11.3 Å². The summed E-state index contributed by atoms with van der Waals surface area (Å²) >= 11 is 0. The molecule has 9 rings (SSSR count). The summed E-state index contributed by atoms with van der Waals surface area (Å²) < 4.78 is 56.7. The number of rotatable bonds is 31. The van der Waals surface area contributed by atoms with Crippen LogP contribution in [0.5, 0.6) is 11.5 Å². The van der Waals surface area contributed by atoms with Crippen LogP contribution in [0.2, 0.25) is 0 Å². The first-order valence-corrected chi connectivity index (χ1v) is 35.3. The number of fused-ring (bicyclic) bond motifs is 1. The summed E-state index contributed by atoms with van der Waals surface area (Å²) in [5, 5.41) is 2.86. The number of amidine groups is 1. The van der Waals surface area contributed by atoms with E-state index in [1.54, 1.807) is 60.5 Å². The van der Waals surface area contributed by atoms with E-state index < -0.39 is 32.6 Å². The summed E-state index contributed by atoms with van der Waals surface area (Å²) in [4.78, 5) is 50.5. The SMILES string of the molecule is CCC1(CC)COC(c2ccc(CCC(=O)CCC(C)(C)SSc3ccccc3CCOP(OC3CC(n4cnc5c4N=C(NC(=O)C(C)C)CC5=O)OC3COC(c3ccccc3)(c3ccc(OC)cc3)c3ccc(OC)cc3)N(C(C)C)C(C)C)cc2)OC1. The van der Waals surface area contributed by atoms with Crippen LogP contribution >= 0.6 is 30.1 Å². The maximum Gasteiger partial charge on any atom is 0.259 e. The second-order valence-electron chi connectivity index (χ2n) is 25.3. The van der Waals surface area contributed by atoms with E-state index in [1.807, 2.05) is 66.7 Å². The summed E-state index contributed by atoms with van der Waals surface area (Å²) in [6, 6.07) is 42.8. The smallest absolute Gasteiger partial charge is 0.259 e. The molecule has 4 heterocycles. The van der Waals surface area contributed by atoms with Gasteiger partial charge in [0.05, 0.1) is 59.5 Å². The van der Waals surface area contributed by atoms with Gasteiger partial charge in [-0.15, -0.1) is 0 Å². The third kappa shape index (κ3) is 17.3. The van der Waals surface area contributed by atoms with Crippen LogP contribution in [0.25, 0.3) is 0 Å². The molecule has 1 N–H and O–H groups in total. The lowest BCUT2D eigenvalue weighted by Crippen LogP contribution is -2.39. The third-order valence-electron chi connectivity index (χ3n) is 17.4. The number of imidazole rings is 1. The number of hydrogen-bond acceptors (Lipinski definition) is 16. The lowest BCUT2D eigenvalue weighted by Gasteiger charge is -2.39. The molecule has 4 unspecified atom stereocenters. The first-order chi connectivity index (χ1) is 43.8. The van der Waals surface area contributed by atoms with Crippen molar-refractivity contribution < 1.29 is 51.9 Å². The molecule has 2 fully saturated rings. The van der Waals surface area contributed by atoms with Gasteiger partial charge in [-0.1, -0.05) is 146 Å². The number of ketones is 2. The van der Waals surface area contributed by atoms with E-state index in [0.717, 1.165) is 57.5 Å². The molecule has 488 valence electrons. The Bertz CT molecular complexity index is 3310. The summed E-state index contributed by atoms with van der Waals surface area (Å²) in [6.45, 7) is 22.8. The molecular weight excluding hydrogens is 1210 g/mol. The van der Waals surface area contributed by atoms with Crippen LogP contribution in [-0.2, 0) is 56.0 Å². The molecule has 4 atom stereocenters. The maximum atomic E-state index is 13.7. The summed E-state index contributed by atoms with van der Waals surface area (Å²) in [7, 11) is 5.08. The molecular formula is C72H92N5O11PS2. The second kappa shape index (κ2) is 31.9. The minimum Gasteiger partial charge on any atom is -0.497 e. The summed E-state index contributed by atoms with van der Waals surface area (Å²) in [5.74, 6) is 1.42. The van der Waals surface area contributed by atoms with Gasteiger partial charge < -0.3 is 42.8 Å². The van der Waals surface area contributed by atoms with Crippen molar-refractivity contribution in [1.29, 1.82) is 0 Å². The second-order valence-corrected chi connectivity index (χ2v) is 29.6. The number of nitrogens with one attached hydrogen (secondary N) is 1. The Kier molecular flexibility index (Phi) is 24.4. The summed E-state index contributed by atoms with van der Waals surface area (Å²) in [5.41, 5.74) is 5.02. The Labute approximate surface area is 548 Å². The van der Waals surface area contributed by atoms with E-state index in [1.165, 1.54) is 0 Å². The van der Waals surface area contributed by atoms with E-state index in [-0.39, 0.29) is 76.5 Å². The molecule has 1 aromatic heterocycles. The number of hydrogen-bond donors (Lipinski definition) is 1. The molecule has 3 aliphatic heterocycles. The van der Waals surface area contributed by atoms with Crippen molar-refractivity contribution in [3.8, 4) is 11.5 Å². The molecule has 3 aliphatic rings. The molecule has 16 nitrogen and oxygen atoms in total. The van der Waals surface area contributed by atoms with Crippen molar-refractivity contribution in [3.63, 3.8) is 0 Å². The standard InChI is InChI=1S/C72H92N5O11PS2/c1-13-71(14-2)45-83-69(84-46-71)53-27-24-51(25-28-53)26-33-57(78)38-40-70(9,10)91-90-63-23-19-18-20-52(63)39-41-86-89(77(49(5)6)50(7)8)88-61-43-65(76-47-73-66-60(79)42-64(74-67(66)76)75-68(80)48(3)4)87-62(61)44-85-72(54-21-16-15-17-22-54,55-29-34-58(81-11)35-30-55)56-31-36-59(82-12)37-32-56/h15-25,27-32,34-37,47-50,61-62,65,69H,13-14,26,33,38-46H2,1-12H3,(H,74,75,80). The van der Waals surface area contributed by atoms with Crippen LogP contribution in [-0.4, -0.2) is 107 Å². The van der Waals surface area contributed by atoms with Gasteiger partial charge in [0.25, 0.3) is 8.53 Å². The zero-order valence-electron chi connectivity index (χ0n) is 55.0. The number of carbonyl (C=O) groups is 3. The lowest BCUT2D eigenvalue weighted by atomic mass is 9.80. The fourth-order valence-electron chi connectivity index (χ4n) is 11.6. The lowest BCUT2D eigenvalue weighted by molar-refractivity contribution is -0.235. The topological polar surface area (TPSA) is 170 Å². The van der Waals surface area contributed by atoms with Crippen molar-refractivity contribution in [1.82, 2.24) is 19.5 Å². The zero-order chi connectivity index (χ0) is 64.9. The molecule has 91 heavy (non-hydrogen) atoms. The van der Waals surface area contributed by atoms with Gasteiger partial charge in [0.15, 0.2) is 23.6 Å². The first kappa shape index (κ1) is 69.6. The van der Waals surface area contributed by atoms with E-state index in [4.69, 9.17) is 42.5 Å². The number of carbonyl (C=O) groups excluding carboxylic acids is 3. The number of aryl methyl sites for hydroxylation is 1. The number of aliphatic imine (C=N–C) groups is 1. The fraction of sp³-hybridized carbons (Fsp3) is 0.486. The van der Waals surface area contributed by atoms with Crippen LogP contribution in [0.1, 0.15) is 171 Å². The molecule has 2 saturated heterocycles. The number of amides is 1. The maximum absolute atomic E-state index is 13.7. The normalized spacial score (nSPS) is 18.2. The number of nitrogens with zero attached hydrogens (tertiary/aromatic N) is 4. The van der Waals surface area contributed by atoms with Gasteiger partial charge in [-0.3, -0.25) is 19.0 Å². The van der Waals surface area contributed by atoms with Crippen molar-refractivity contribution in [2.45, 2.75) is 179 Å². The molecule has 0 radical (unpaired) electrons. The minimum atomic E-state index is -1.75. The molecule has 0 spiro atoms. The van der Waals surface area contributed by atoms with Crippen LogP contribution in [0.15, 0.2) is 144 Å². The average Bonchev–Trinajstić information content (AvgIpc) is 1.78. The molecule has 5 aromatic carbocycles. The largest absolute Gasteiger partial charge is 0.497 e. The highest BCUT2D eigenvalue weighted by Crippen LogP contribution is 2.52. The Morgan fingerprint density at radius 2 is 1.41 bits per heavy atom. The molecule has 19 heteroatoms. The molecule has 1 amide bonds. The van der Waals surface area contributed by atoms with Crippen molar-refractivity contribution in [2.75, 3.05) is 40.6 Å². The Morgan fingerprint density at radius 1 is 0.791 bits per heavy atom. The number of benzene rings is 5. The quantitative estimate of drug-likeness (QED) is 0.0247. The van der Waals surface area contributed by atoms with Gasteiger partial charge in [-0.05, 0) is 132 Å². The van der Waals surface area contributed by atoms with Crippen LogP contribution in [0.3, 0.4) is 0 Å². The fourth-order valence-corrected chi connectivity index (χ4v) is 16.0. The van der Waals surface area contributed by atoms with Crippen LogP contribution in [0.4, 0.5) is 5.82 Å². The molecule has 0 saturated carbocycles. The summed E-state index contributed by atoms with van der Waals surface area (Å²) in [6.07, 6.45) is 4.59. The zero-order valence-corrected chi connectivity index (χ0v) is 57.5. The van der Waals surface area contributed by atoms with Gasteiger partial charge >= 0.3 is 0 Å². The van der Waals surface area contributed by atoms with Gasteiger partial charge in [-0.2, -0.15) is 0 Å². The first-order valence-electron chi connectivity index (χ1n) is 32.1. The Morgan fingerprint density at radius 3 is 2.01 bits per heavy atom. The van der Waals surface area contributed by atoms with E-state index in [2.05, 4.69) is 131 Å².